The molecule has 0 aliphatic heterocycles. The average Bonchev–Trinajstić information content (AvgIpc) is 2.93. The first-order chi connectivity index (χ1) is 11.0. The summed E-state index contributed by atoms with van der Waals surface area (Å²) in [5, 5.41) is 6.60. The van der Waals surface area contributed by atoms with Gasteiger partial charge in [-0.05, 0) is 24.6 Å². The van der Waals surface area contributed by atoms with E-state index in [1.165, 1.54) is 11.3 Å². The Labute approximate surface area is 142 Å². The monoisotopic (exact) mass is 331 g/mol. The van der Waals surface area contributed by atoms with Crippen LogP contribution >= 0.6 is 11.3 Å². The molecular weight excluding hydrogens is 306 g/mol. The smallest absolute Gasteiger partial charge is 0.194 e. The van der Waals surface area contributed by atoms with Gasteiger partial charge in [0.25, 0.3) is 0 Å². The molecule has 1 aromatic carbocycles. The van der Waals surface area contributed by atoms with Crippen molar-refractivity contribution in [1.29, 1.82) is 0 Å². The minimum absolute atomic E-state index is 0.745. The number of benzene rings is 1. The zero-order chi connectivity index (χ0) is 16.8. The lowest BCUT2D eigenvalue weighted by atomic mass is 10.2. The van der Waals surface area contributed by atoms with Crippen LogP contribution in [0.3, 0.4) is 0 Å². The quantitative estimate of drug-likeness (QED) is 0.676. The van der Waals surface area contributed by atoms with Crippen molar-refractivity contribution in [2.24, 2.45) is 4.99 Å². The molecule has 1 heterocycles. The number of anilines is 1. The molecule has 0 saturated heterocycles. The van der Waals surface area contributed by atoms with Gasteiger partial charge >= 0.3 is 0 Å². The van der Waals surface area contributed by atoms with Crippen molar-refractivity contribution < 1.29 is 0 Å². The summed E-state index contributed by atoms with van der Waals surface area (Å²) < 4.78 is 0. The summed E-state index contributed by atoms with van der Waals surface area (Å²) in [6.45, 7) is 3.52. The highest BCUT2D eigenvalue weighted by Gasteiger charge is 2.08. The number of aryl methyl sites for hydroxylation is 1. The third-order valence-corrected chi connectivity index (χ3v) is 4.34. The van der Waals surface area contributed by atoms with Gasteiger partial charge in [0, 0.05) is 45.8 Å². The summed E-state index contributed by atoms with van der Waals surface area (Å²) in [6, 6.07) is 8.49. The number of nitrogens with one attached hydrogen (secondary N) is 1. The average molecular weight is 331 g/mol. The lowest BCUT2D eigenvalue weighted by Gasteiger charge is -2.21. The second kappa shape index (κ2) is 7.97. The molecule has 0 unspecified atom stereocenters. The molecule has 0 fully saturated rings. The minimum Gasteiger partial charge on any atom is -0.378 e. The van der Waals surface area contributed by atoms with E-state index < -0.39 is 0 Å². The highest BCUT2D eigenvalue weighted by Crippen LogP contribution is 2.13. The van der Waals surface area contributed by atoms with Crippen LogP contribution in [0.4, 0.5) is 5.69 Å². The van der Waals surface area contributed by atoms with E-state index in [0.29, 0.717) is 0 Å². The van der Waals surface area contributed by atoms with Crippen molar-refractivity contribution >= 4 is 23.0 Å². The molecule has 124 valence electrons. The van der Waals surface area contributed by atoms with E-state index in [4.69, 9.17) is 0 Å². The Morgan fingerprint density at radius 1 is 1.30 bits per heavy atom. The van der Waals surface area contributed by atoms with Gasteiger partial charge in [-0.15, -0.1) is 11.3 Å². The Hall–Kier alpha value is -2.08. The van der Waals surface area contributed by atoms with Crippen LogP contribution in [0.2, 0.25) is 0 Å². The summed E-state index contributed by atoms with van der Waals surface area (Å²) in [7, 11) is 7.94. The standard InChI is InChI=1S/C17H25N5S/c1-13-20-15(12-23-13)11-22(5)17(18-2)19-10-14-7-6-8-16(9-14)21(3)4/h6-9,12H,10-11H2,1-5H3,(H,18,19). The molecule has 0 saturated carbocycles. The Kier molecular flexibility index (Phi) is 5.98. The van der Waals surface area contributed by atoms with Gasteiger partial charge in [-0.3, -0.25) is 4.99 Å². The van der Waals surface area contributed by atoms with Gasteiger partial charge < -0.3 is 15.1 Å². The van der Waals surface area contributed by atoms with E-state index in [9.17, 15) is 0 Å². The molecule has 5 nitrogen and oxygen atoms in total. The van der Waals surface area contributed by atoms with Crippen LogP contribution in [0.5, 0.6) is 0 Å². The van der Waals surface area contributed by atoms with E-state index >= 15 is 0 Å². The van der Waals surface area contributed by atoms with E-state index in [-0.39, 0.29) is 0 Å². The normalized spacial score (nSPS) is 11.4. The fraction of sp³-hybridized carbons (Fsp3) is 0.412. The molecule has 0 aliphatic rings. The number of nitrogens with zero attached hydrogens (tertiary/aromatic N) is 4. The van der Waals surface area contributed by atoms with Gasteiger partial charge in [0.15, 0.2) is 5.96 Å². The maximum Gasteiger partial charge on any atom is 0.194 e. The molecule has 0 atom stereocenters. The number of aliphatic imine (C=N–C) groups is 1. The number of aromatic nitrogens is 1. The van der Waals surface area contributed by atoms with Crippen LogP contribution in [-0.4, -0.2) is 44.0 Å². The van der Waals surface area contributed by atoms with Crippen LogP contribution in [0.1, 0.15) is 16.3 Å². The van der Waals surface area contributed by atoms with Gasteiger partial charge in [-0.2, -0.15) is 0 Å². The van der Waals surface area contributed by atoms with Crippen LogP contribution in [0, 0.1) is 6.92 Å². The number of guanidine groups is 1. The third-order valence-electron chi connectivity index (χ3n) is 3.52. The van der Waals surface area contributed by atoms with E-state index in [2.05, 4.69) is 68.8 Å². The minimum atomic E-state index is 0.745. The Morgan fingerprint density at radius 2 is 2.09 bits per heavy atom. The highest BCUT2D eigenvalue weighted by molar-refractivity contribution is 7.09. The van der Waals surface area contributed by atoms with Crippen molar-refractivity contribution in [1.82, 2.24) is 15.2 Å². The fourth-order valence-corrected chi connectivity index (χ4v) is 2.91. The number of rotatable bonds is 5. The van der Waals surface area contributed by atoms with Gasteiger partial charge in [-0.1, -0.05) is 12.1 Å². The summed E-state index contributed by atoms with van der Waals surface area (Å²) in [6.07, 6.45) is 0. The molecule has 0 bridgehead atoms. The Morgan fingerprint density at radius 3 is 2.70 bits per heavy atom. The summed E-state index contributed by atoms with van der Waals surface area (Å²) in [4.78, 5) is 13.1. The molecule has 1 N–H and O–H groups in total. The van der Waals surface area contributed by atoms with Crippen molar-refractivity contribution in [3.63, 3.8) is 0 Å². The number of thiazole rings is 1. The van der Waals surface area contributed by atoms with Crippen molar-refractivity contribution in [3.8, 4) is 0 Å². The maximum absolute atomic E-state index is 4.51. The number of hydrogen-bond donors (Lipinski definition) is 1. The van der Waals surface area contributed by atoms with Crippen molar-refractivity contribution in [2.75, 3.05) is 33.1 Å². The molecule has 0 spiro atoms. The predicted octanol–water partition coefficient (Wildman–Crippen LogP) is 2.72. The fourth-order valence-electron chi connectivity index (χ4n) is 2.31. The molecule has 2 rings (SSSR count). The predicted molar refractivity (Wildman–Crippen MR) is 99.3 cm³/mol. The first-order valence-corrected chi connectivity index (χ1v) is 8.46. The first-order valence-electron chi connectivity index (χ1n) is 7.58. The van der Waals surface area contributed by atoms with Crippen molar-refractivity contribution in [3.05, 3.63) is 45.9 Å². The third kappa shape index (κ3) is 4.96. The topological polar surface area (TPSA) is 43.8 Å². The SMILES string of the molecule is CN=C(NCc1cccc(N(C)C)c1)N(C)Cc1csc(C)n1. The molecule has 23 heavy (non-hydrogen) atoms. The zero-order valence-corrected chi connectivity index (χ0v) is 15.3. The Bertz CT molecular complexity index is 663. The van der Waals surface area contributed by atoms with Crippen LogP contribution in [0.25, 0.3) is 0 Å². The molecule has 0 aliphatic carbocycles. The number of hydrogen-bond acceptors (Lipinski definition) is 4. The molecule has 0 radical (unpaired) electrons. The second-order valence-electron chi connectivity index (χ2n) is 5.68. The van der Waals surface area contributed by atoms with Crippen LogP contribution in [-0.2, 0) is 13.1 Å². The molecule has 1 aromatic heterocycles. The second-order valence-corrected chi connectivity index (χ2v) is 6.74. The molecule has 2 aromatic rings. The van der Waals surface area contributed by atoms with Crippen LogP contribution in [0.15, 0.2) is 34.6 Å². The lowest BCUT2D eigenvalue weighted by molar-refractivity contribution is 0.470. The largest absolute Gasteiger partial charge is 0.378 e. The van der Waals surface area contributed by atoms with Gasteiger partial charge in [0.05, 0.1) is 17.2 Å². The van der Waals surface area contributed by atoms with Crippen LogP contribution < -0.4 is 10.2 Å². The summed E-state index contributed by atoms with van der Waals surface area (Å²) >= 11 is 1.68. The van der Waals surface area contributed by atoms with Gasteiger partial charge in [-0.25, -0.2) is 4.98 Å². The Balaban J connectivity index is 1.95. The molecule has 0 amide bonds. The molecular formula is C17H25N5S. The van der Waals surface area contributed by atoms with E-state index in [1.54, 1.807) is 18.4 Å². The van der Waals surface area contributed by atoms with E-state index in [1.807, 2.05) is 14.0 Å². The highest BCUT2D eigenvalue weighted by atomic mass is 32.1. The summed E-state index contributed by atoms with van der Waals surface area (Å²) in [5.41, 5.74) is 3.51. The lowest BCUT2D eigenvalue weighted by Crippen LogP contribution is -2.38. The van der Waals surface area contributed by atoms with E-state index in [0.717, 1.165) is 29.8 Å². The zero-order valence-electron chi connectivity index (χ0n) is 14.5. The maximum atomic E-state index is 4.51. The first kappa shape index (κ1) is 17.3. The van der Waals surface area contributed by atoms with Gasteiger partial charge in [0.1, 0.15) is 0 Å². The molecule has 6 heteroatoms. The summed E-state index contributed by atoms with van der Waals surface area (Å²) in [5.74, 6) is 0.867. The van der Waals surface area contributed by atoms with Crippen molar-refractivity contribution in [2.45, 2.75) is 20.0 Å². The van der Waals surface area contributed by atoms with Gasteiger partial charge in [0.2, 0.25) is 0 Å².